The van der Waals surface area contributed by atoms with Crippen molar-refractivity contribution in [2.75, 3.05) is 18.0 Å². The Labute approximate surface area is 125 Å². The number of aliphatic hydroxyl groups excluding tert-OH is 1. The zero-order chi connectivity index (χ0) is 15.1. The first kappa shape index (κ1) is 15.1. The Morgan fingerprint density at radius 3 is 2.24 bits per heavy atom. The van der Waals surface area contributed by atoms with Crippen molar-refractivity contribution >= 4 is 11.8 Å². The van der Waals surface area contributed by atoms with Crippen LogP contribution in [0.15, 0.2) is 29.8 Å². The summed E-state index contributed by atoms with van der Waals surface area (Å²) in [5.74, 6) is 0. The highest BCUT2D eigenvalue weighted by atomic mass is 16.3. The van der Waals surface area contributed by atoms with Crippen molar-refractivity contribution in [3.05, 3.63) is 35.4 Å². The Kier molecular flexibility index (Phi) is 5.37. The summed E-state index contributed by atoms with van der Waals surface area (Å²) in [6, 6.07) is 11.4. The van der Waals surface area contributed by atoms with Crippen LogP contribution in [0.4, 0.5) is 5.69 Å². The largest absolute Gasteiger partial charge is 0.373 e. The van der Waals surface area contributed by atoms with E-state index in [2.05, 4.69) is 4.90 Å². The molecule has 0 spiro atoms. The molecule has 1 heterocycles. The number of benzene rings is 1. The first-order valence-corrected chi connectivity index (χ1v) is 7.29. The number of hydrogen-bond donors (Lipinski definition) is 1. The maximum Gasteiger partial charge on any atom is 0.175 e. The lowest BCUT2D eigenvalue weighted by molar-refractivity contribution is 0.271. The molecule has 0 bridgehead atoms. The first-order valence-electron chi connectivity index (χ1n) is 7.29. The van der Waals surface area contributed by atoms with E-state index in [-0.39, 0.29) is 5.57 Å². The van der Waals surface area contributed by atoms with Gasteiger partial charge in [-0.3, -0.25) is 0 Å². The van der Waals surface area contributed by atoms with E-state index in [1.165, 1.54) is 31.4 Å². The number of anilines is 1. The van der Waals surface area contributed by atoms with Gasteiger partial charge in [0.15, 0.2) is 6.10 Å². The highest BCUT2D eigenvalue weighted by Crippen LogP contribution is 2.21. The minimum Gasteiger partial charge on any atom is -0.373 e. The van der Waals surface area contributed by atoms with Gasteiger partial charge in [-0.25, -0.2) is 0 Å². The Morgan fingerprint density at radius 1 is 1.10 bits per heavy atom. The van der Waals surface area contributed by atoms with Gasteiger partial charge in [0, 0.05) is 18.8 Å². The third kappa shape index (κ3) is 4.08. The average molecular weight is 281 g/mol. The van der Waals surface area contributed by atoms with E-state index < -0.39 is 6.10 Å². The van der Waals surface area contributed by atoms with E-state index in [9.17, 15) is 5.11 Å². The van der Waals surface area contributed by atoms with E-state index in [0.717, 1.165) is 18.7 Å². The lowest BCUT2D eigenvalue weighted by Gasteiger charge is -2.22. The van der Waals surface area contributed by atoms with Crippen molar-refractivity contribution < 1.29 is 5.11 Å². The van der Waals surface area contributed by atoms with E-state index in [4.69, 9.17) is 10.5 Å². The molecule has 1 unspecified atom stereocenters. The van der Waals surface area contributed by atoms with Gasteiger partial charge in [-0.1, -0.05) is 25.0 Å². The van der Waals surface area contributed by atoms with Gasteiger partial charge in [0.05, 0.1) is 17.7 Å². The molecule has 1 N–H and O–H groups in total. The summed E-state index contributed by atoms with van der Waals surface area (Å²) in [6.07, 6.45) is 5.26. The second-order valence-corrected chi connectivity index (χ2v) is 5.24. The predicted molar refractivity (Wildman–Crippen MR) is 82.3 cm³/mol. The van der Waals surface area contributed by atoms with Crippen molar-refractivity contribution in [1.82, 2.24) is 0 Å². The Hall–Kier alpha value is -2.30. The molecule has 1 atom stereocenters. The highest BCUT2D eigenvalue weighted by Gasteiger charge is 2.11. The Bertz CT molecular complexity index is 570. The zero-order valence-electron chi connectivity index (χ0n) is 12.0. The summed E-state index contributed by atoms with van der Waals surface area (Å²) >= 11 is 0. The predicted octanol–water partition coefficient (Wildman–Crippen LogP) is 2.86. The van der Waals surface area contributed by atoms with Crippen LogP contribution in [0.25, 0.3) is 6.08 Å². The number of nitriles is 2. The molecular formula is C17H19N3O. The van der Waals surface area contributed by atoms with Crippen LogP contribution in [0.2, 0.25) is 0 Å². The standard InChI is InChI=1S/C17H19N3O/c18-12-15(17(21)13-19)11-14-5-7-16(8-6-14)20-9-3-1-2-4-10-20/h5-8,11,17,21H,1-4,9-10H2. The minimum absolute atomic E-state index is 0.0695. The van der Waals surface area contributed by atoms with E-state index >= 15 is 0 Å². The fourth-order valence-corrected chi connectivity index (χ4v) is 2.53. The van der Waals surface area contributed by atoms with E-state index in [0.29, 0.717) is 0 Å². The summed E-state index contributed by atoms with van der Waals surface area (Å²) in [4.78, 5) is 2.38. The summed E-state index contributed by atoms with van der Waals surface area (Å²) in [6.45, 7) is 2.18. The third-order valence-corrected chi connectivity index (χ3v) is 3.73. The molecule has 0 aromatic heterocycles. The normalized spacial score (nSPS) is 17.5. The monoisotopic (exact) mass is 281 g/mol. The molecule has 0 radical (unpaired) electrons. The van der Waals surface area contributed by atoms with E-state index in [1.807, 2.05) is 30.3 Å². The maximum absolute atomic E-state index is 9.41. The van der Waals surface area contributed by atoms with Crippen LogP contribution in [0.1, 0.15) is 31.2 Å². The maximum atomic E-state index is 9.41. The van der Waals surface area contributed by atoms with Gasteiger partial charge < -0.3 is 10.0 Å². The van der Waals surface area contributed by atoms with Crippen LogP contribution >= 0.6 is 0 Å². The summed E-state index contributed by atoms with van der Waals surface area (Å²) in [5, 5.41) is 27.0. The molecule has 2 rings (SSSR count). The number of aliphatic hydroxyl groups is 1. The number of rotatable bonds is 3. The lowest BCUT2D eigenvalue weighted by Crippen LogP contribution is -2.23. The molecular weight excluding hydrogens is 262 g/mol. The average Bonchev–Trinajstić information content (AvgIpc) is 2.81. The smallest absolute Gasteiger partial charge is 0.175 e. The molecule has 0 amide bonds. The van der Waals surface area contributed by atoms with Gasteiger partial charge in [0.25, 0.3) is 0 Å². The third-order valence-electron chi connectivity index (χ3n) is 3.73. The van der Waals surface area contributed by atoms with Crippen molar-refractivity contribution in [2.24, 2.45) is 0 Å². The van der Waals surface area contributed by atoms with Crippen LogP contribution in [-0.4, -0.2) is 24.3 Å². The summed E-state index contributed by atoms with van der Waals surface area (Å²) in [7, 11) is 0. The van der Waals surface area contributed by atoms with E-state index in [1.54, 1.807) is 12.1 Å². The molecule has 4 nitrogen and oxygen atoms in total. The first-order chi connectivity index (χ1) is 10.2. The molecule has 108 valence electrons. The molecule has 1 fully saturated rings. The minimum atomic E-state index is -1.36. The van der Waals surface area contributed by atoms with Crippen molar-refractivity contribution in [2.45, 2.75) is 31.8 Å². The fourth-order valence-electron chi connectivity index (χ4n) is 2.53. The zero-order valence-corrected chi connectivity index (χ0v) is 12.0. The summed E-state index contributed by atoms with van der Waals surface area (Å²) in [5.41, 5.74) is 2.08. The van der Waals surface area contributed by atoms with Crippen LogP contribution in [-0.2, 0) is 0 Å². The van der Waals surface area contributed by atoms with Crippen molar-refractivity contribution in [3.8, 4) is 12.1 Å². The van der Waals surface area contributed by atoms with Gasteiger partial charge in [0.2, 0.25) is 0 Å². The number of nitrogens with zero attached hydrogens (tertiary/aromatic N) is 3. The van der Waals surface area contributed by atoms with Gasteiger partial charge in [-0.2, -0.15) is 10.5 Å². The molecule has 1 aromatic carbocycles. The molecule has 4 heteroatoms. The fraction of sp³-hybridized carbons (Fsp3) is 0.412. The van der Waals surface area contributed by atoms with Crippen molar-refractivity contribution in [1.29, 1.82) is 10.5 Å². The molecule has 1 aromatic rings. The topological polar surface area (TPSA) is 71.1 Å². The second-order valence-electron chi connectivity index (χ2n) is 5.24. The van der Waals surface area contributed by atoms with Crippen LogP contribution < -0.4 is 4.90 Å². The van der Waals surface area contributed by atoms with Crippen molar-refractivity contribution in [3.63, 3.8) is 0 Å². The van der Waals surface area contributed by atoms with Gasteiger partial charge in [0.1, 0.15) is 0 Å². The van der Waals surface area contributed by atoms with Crippen LogP contribution in [0.3, 0.4) is 0 Å². The lowest BCUT2D eigenvalue weighted by atomic mass is 10.1. The molecule has 0 aliphatic carbocycles. The summed E-state index contributed by atoms with van der Waals surface area (Å²) < 4.78 is 0. The number of hydrogen-bond acceptors (Lipinski definition) is 4. The van der Waals surface area contributed by atoms with Gasteiger partial charge >= 0.3 is 0 Å². The molecule has 21 heavy (non-hydrogen) atoms. The van der Waals surface area contributed by atoms with Crippen LogP contribution in [0, 0.1) is 22.7 Å². The quantitative estimate of drug-likeness (QED) is 0.683. The Morgan fingerprint density at radius 2 is 1.71 bits per heavy atom. The van der Waals surface area contributed by atoms with Gasteiger partial charge in [-0.05, 0) is 36.6 Å². The highest BCUT2D eigenvalue weighted by molar-refractivity contribution is 5.62. The molecule has 0 saturated carbocycles. The molecule has 1 aliphatic rings. The Balaban J connectivity index is 2.13. The molecule has 1 saturated heterocycles. The SMILES string of the molecule is N#CC(=Cc1ccc(N2CCCCCC2)cc1)C(O)C#N. The van der Waals surface area contributed by atoms with Gasteiger partial charge in [-0.15, -0.1) is 0 Å². The second kappa shape index (κ2) is 7.47. The molecule has 1 aliphatic heterocycles. The van der Waals surface area contributed by atoms with Crippen LogP contribution in [0.5, 0.6) is 0 Å².